The van der Waals surface area contributed by atoms with Crippen LogP contribution in [-0.2, 0) is 14.6 Å². The van der Waals surface area contributed by atoms with Crippen LogP contribution in [0.2, 0.25) is 5.02 Å². The normalized spacial score (nSPS) is 17.0. The number of halogens is 1. The van der Waals surface area contributed by atoms with Gasteiger partial charge >= 0.3 is 0 Å². The van der Waals surface area contributed by atoms with Gasteiger partial charge in [-0.05, 0) is 30.2 Å². The third kappa shape index (κ3) is 2.00. The van der Waals surface area contributed by atoms with Crippen molar-refractivity contribution in [2.45, 2.75) is 11.8 Å². The number of fused-ring (bicyclic) bond motifs is 1. The van der Waals surface area contributed by atoms with Crippen LogP contribution < -0.4 is 0 Å². The number of hydrogen-bond donors (Lipinski definition) is 0. The Labute approximate surface area is 99.6 Å². The van der Waals surface area contributed by atoms with Crippen LogP contribution in [0.4, 0.5) is 0 Å². The van der Waals surface area contributed by atoms with Crippen molar-refractivity contribution in [2.24, 2.45) is 0 Å². The maximum absolute atomic E-state index is 11.8. The van der Waals surface area contributed by atoms with Gasteiger partial charge in [-0.25, -0.2) is 8.42 Å². The Balaban J connectivity index is 2.48. The van der Waals surface area contributed by atoms with Crippen molar-refractivity contribution in [2.75, 3.05) is 13.2 Å². The summed E-state index contributed by atoms with van der Waals surface area (Å²) in [7, 11) is -3.33. The van der Waals surface area contributed by atoms with E-state index in [-0.39, 0.29) is 4.90 Å². The zero-order valence-electron chi connectivity index (χ0n) is 8.73. The molecule has 1 aromatic rings. The molecule has 0 saturated heterocycles. The van der Waals surface area contributed by atoms with Gasteiger partial charge in [-0.3, -0.25) is 0 Å². The highest BCUT2D eigenvalue weighted by Crippen LogP contribution is 2.35. The fourth-order valence-electron chi connectivity index (χ4n) is 1.63. The summed E-state index contributed by atoms with van der Waals surface area (Å²) >= 11 is 5.78. The molecule has 0 spiro atoms. The van der Waals surface area contributed by atoms with Crippen molar-refractivity contribution in [3.8, 4) is 0 Å². The molecule has 0 atom stereocenters. The number of ether oxygens (including phenoxy) is 1. The molecule has 1 heterocycles. The summed E-state index contributed by atoms with van der Waals surface area (Å²) in [4.78, 5) is 0.273. The van der Waals surface area contributed by atoms with Gasteiger partial charge in [-0.2, -0.15) is 0 Å². The Kier molecular flexibility index (Phi) is 3.06. The summed E-state index contributed by atoms with van der Waals surface area (Å²) in [5.74, 6) is 0. The first kappa shape index (κ1) is 11.6. The fraction of sp³-hybridized carbons (Fsp3) is 0.273. The third-order valence-corrected chi connectivity index (χ3v) is 4.14. The minimum absolute atomic E-state index is 0.273. The monoisotopic (exact) mass is 258 g/mol. The van der Waals surface area contributed by atoms with Crippen LogP contribution in [0.15, 0.2) is 28.5 Å². The van der Waals surface area contributed by atoms with Crippen LogP contribution in [0.1, 0.15) is 12.5 Å². The second-order valence-electron chi connectivity index (χ2n) is 3.47. The van der Waals surface area contributed by atoms with Gasteiger partial charge in [0.05, 0.1) is 11.5 Å². The first-order valence-corrected chi connectivity index (χ1v) is 6.80. The Morgan fingerprint density at radius 3 is 2.81 bits per heavy atom. The van der Waals surface area contributed by atoms with E-state index in [4.69, 9.17) is 16.3 Å². The summed E-state index contributed by atoms with van der Waals surface area (Å²) in [6, 6.07) is 4.87. The first-order valence-electron chi connectivity index (χ1n) is 4.88. The molecule has 0 radical (unpaired) electrons. The summed E-state index contributed by atoms with van der Waals surface area (Å²) in [5.41, 5.74) is 1.38. The molecule has 86 valence electrons. The second kappa shape index (κ2) is 4.20. The molecule has 0 amide bonds. The van der Waals surface area contributed by atoms with E-state index < -0.39 is 9.84 Å². The molecule has 0 saturated carbocycles. The van der Waals surface area contributed by atoms with Crippen LogP contribution in [0.3, 0.4) is 0 Å². The Morgan fingerprint density at radius 2 is 2.12 bits per heavy atom. The van der Waals surface area contributed by atoms with Crippen molar-refractivity contribution in [3.05, 3.63) is 34.2 Å². The highest BCUT2D eigenvalue weighted by atomic mass is 35.5. The van der Waals surface area contributed by atoms with Crippen LogP contribution in [0, 0.1) is 0 Å². The average molecular weight is 259 g/mol. The Hall–Kier alpha value is -0.840. The molecule has 0 aliphatic carbocycles. The molecule has 5 heteroatoms. The van der Waals surface area contributed by atoms with E-state index in [1.165, 1.54) is 11.5 Å². The molecule has 16 heavy (non-hydrogen) atoms. The van der Waals surface area contributed by atoms with Gasteiger partial charge in [0, 0.05) is 17.0 Å². The predicted molar refractivity (Wildman–Crippen MR) is 63.1 cm³/mol. The molecule has 2 rings (SSSR count). The molecule has 1 aliphatic heterocycles. The Bertz CT molecular complexity index is 546. The predicted octanol–water partition coefficient (Wildman–Crippen LogP) is 2.50. The molecular weight excluding hydrogens is 248 g/mol. The van der Waals surface area contributed by atoms with Crippen LogP contribution >= 0.6 is 11.6 Å². The Morgan fingerprint density at radius 1 is 1.38 bits per heavy atom. The second-order valence-corrected chi connectivity index (χ2v) is 5.67. The topological polar surface area (TPSA) is 43.4 Å². The van der Waals surface area contributed by atoms with E-state index in [9.17, 15) is 8.42 Å². The fourth-order valence-corrected chi connectivity index (χ4v) is 3.37. The summed E-state index contributed by atoms with van der Waals surface area (Å²) in [5, 5.41) is 1.68. The van der Waals surface area contributed by atoms with Crippen molar-refractivity contribution in [3.63, 3.8) is 0 Å². The smallest absolute Gasteiger partial charge is 0.200 e. The minimum Gasteiger partial charge on any atom is -0.377 e. The molecule has 0 bridgehead atoms. The van der Waals surface area contributed by atoms with Gasteiger partial charge in [-0.1, -0.05) is 17.7 Å². The number of hydrogen-bond acceptors (Lipinski definition) is 3. The number of rotatable bonds is 3. The lowest BCUT2D eigenvalue weighted by atomic mass is 10.1. The van der Waals surface area contributed by atoms with Gasteiger partial charge in [0.25, 0.3) is 0 Å². The average Bonchev–Trinajstić information content (AvgIpc) is 2.48. The number of sulfone groups is 1. The maximum Gasteiger partial charge on any atom is 0.200 e. The van der Waals surface area contributed by atoms with E-state index in [0.29, 0.717) is 29.4 Å². The third-order valence-electron chi connectivity index (χ3n) is 2.36. The molecule has 0 N–H and O–H groups in total. The first-order chi connectivity index (χ1) is 7.54. The highest BCUT2D eigenvalue weighted by Gasteiger charge is 2.26. The summed E-state index contributed by atoms with van der Waals surface area (Å²) in [6.07, 6.45) is 0. The molecule has 0 fully saturated rings. The molecule has 1 aliphatic rings. The van der Waals surface area contributed by atoms with E-state index >= 15 is 0 Å². The lowest BCUT2D eigenvalue weighted by molar-refractivity contribution is 0.182. The largest absolute Gasteiger partial charge is 0.377 e. The van der Waals surface area contributed by atoms with Crippen molar-refractivity contribution in [1.29, 1.82) is 0 Å². The zero-order valence-corrected chi connectivity index (χ0v) is 10.3. The van der Waals surface area contributed by atoms with E-state index in [1.54, 1.807) is 12.1 Å². The van der Waals surface area contributed by atoms with Gasteiger partial charge < -0.3 is 4.74 Å². The van der Waals surface area contributed by atoms with Crippen molar-refractivity contribution >= 4 is 27.0 Å². The molecule has 0 aromatic heterocycles. The van der Waals surface area contributed by atoms with Crippen molar-refractivity contribution < 1.29 is 13.2 Å². The molecule has 1 aromatic carbocycles. The van der Waals surface area contributed by atoms with Crippen LogP contribution in [-0.4, -0.2) is 21.6 Å². The van der Waals surface area contributed by atoms with Crippen LogP contribution in [0.25, 0.3) is 5.57 Å². The maximum atomic E-state index is 11.8. The molecule has 0 unspecified atom stereocenters. The quantitative estimate of drug-likeness (QED) is 0.837. The molecule has 3 nitrogen and oxygen atoms in total. The van der Waals surface area contributed by atoms with E-state index in [2.05, 4.69) is 0 Å². The van der Waals surface area contributed by atoms with E-state index in [0.717, 1.165) is 0 Å². The lowest BCUT2D eigenvalue weighted by Gasteiger charge is -2.04. The lowest BCUT2D eigenvalue weighted by Crippen LogP contribution is -1.95. The van der Waals surface area contributed by atoms with Crippen molar-refractivity contribution in [1.82, 2.24) is 0 Å². The van der Waals surface area contributed by atoms with Crippen LogP contribution in [0.5, 0.6) is 0 Å². The van der Waals surface area contributed by atoms with Gasteiger partial charge in [0.2, 0.25) is 9.84 Å². The van der Waals surface area contributed by atoms with Gasteiger partial charge in [0.15, 0.2) is 0 Å². The summed E-state index contributed by atoms with van der Waals surface area (Å²) in [6.45, 7) is 2.73. The zero-order chi connectivity index (χ0) is 11.8. The summed E-state index contributed by atoms with van der Waals surface area (Å²) < 4.78 is 28.8. The number of benzene rings is 1. The standard InChI is InChI=1S/C11H11ClO3S/c1-2-15-6-8-7-16(13,14)11-5-9(12)3-4-10(8)11/h3-5,7H,2,6H2,1H3. The van der Waals surface area contributed by atoms with E-state index in [1.807, 2.05) is 6.92 Å². The van der Waals surface area contributed by atoms with Gasteiger partial charge in [-0.15, -0.1) is 0 Å². The van der Waals surface area contributed by atoms with Gasteiger partial charge in [0.1, 0.15) is 0 Å². The highest BCUT2D eigenvalue weighted by molar-refractivity contribution is 7.95. The SMILES string of the molecule is CCOCC1=CS(=O)(=O)c2cc(Cl)ccc21. The minimum atomic E-state index is -3.33. The molecular formula is C11H11ClO3S.